The Bertz CT molecular complexity index is 403. The number of para-hydroxylation sites is 2. The molecular weight excluding hydrogens is 202 g/mol. The van der Waals surface area contributed by atoms with Gasteiger partial charge in [-0.1, -0.05) is 12.1 Å². The van der Waals surface area contributed by atoms with Gasteiger partial charge in [0.15, 0.2) is 0 Å². The van der Waals surface area contributed by atoms with E-state index in [1.54, 1.807) is 19.0 Å². The minimum atomic E-state index is 0.0422. The van der Waals surface area contributed by atoms with Crippen molar-refractivity contribution in [3.8, 4) is 0 Å². The van der Waals surface area contributed by atoms with Crippen LogP contribution in [0.25, 0.3) is 0 Å². The fourth-order valence-electron chi connectivity index (χ4n) is 1.95. The lowest BCUT2D eigenvalue weighted by Gasteiger charge is -2.36. The molecule has 0 radical (unpaired) electrons. The van der Waals surface area contributed by atoms with Crippen LogP contribution in [0.15, 0.2) is 24.3 Å². The minimum Gasteiger partial charge on any atom is -0.371 e. The summed E-state index contributed by atoms with van der Waals surface area (Å²) in [6.07, 6.45) is 0. The second kappa shape index (κ2) is 4.04. The summed E-state index contributed by atoms with van der Waals surface area (Å²) in [5.41, 5.74) is 2.11. The van der Waals surface area contributed by atoms with Crippen molar-refractivity contribution >= 4 is 17.4 Å². The molecule has 1 heterocycles. The second-order valence-corrected chi connectivity index (χ2v) is 4.24. The predicted octanol–water partition coefficient (Wildman–Crippen LogP) is 1.62. The molecule has 16 heavy (non-hydrogen) atoms. The van der Waals surface area contributed by atoms with Crippen LogP contribution >= 0.6 is 0 Å². The molecule has 1 aliphatic rings. The number of rotatable bonds is 0. The maximum absolute atomic E-state index is 12.0. The molecule has 1 aliphatic heterocycles. The first-order valence-corrected chi connectivity index (χ1v) is 5.40. The van der Waals surface area contributed by atoms with Gasteiger partial charge in [-0.3, -0.25) is 4.90 Å². The van der Waals surface area contributed by atoms with Crippen LogP contribution in [0.1, 0.15) is 0 Å². The van der Waals surface area contributed by atoms with Gasteiger partial charge in [0, 0.05) is 34.2 Å². The van der Waals surface area contributed by atoms with Crippen molar-refractivity contribution in [2.24, 2.45) is 0 Å². The standard InChI is InChI=1S/C12H17N3O/c1-13(2)12(16)15-9-8-14(3)10-6-4-5-7-11(10)15/h4-7H,8-9H2,1-3H3. The third-order valence-electron chi connectivity index (χ3n) is 2.86. The zero-order valence-electron chi connectivity index (χ0n) is 9.97. The van der Waals surface area contributed by atoms with Crippen LogP contribution in [0.2, 0.25) is 0 Å². The second-order valence-electron chi connectivity index (χ2n) is 4.24. The average molecular weight is 219 g/mol. The van der Waals surface area contributed by atoms with E-state index in [2.05, 4.69) is 11.9 Å². The molecule has 0 saturated carbocycles. The van der Waals surface area contributed by atoms with Gasteiger partial charge >= 0.3 is 6.03 Å². The summed E-state index contributed by atoms with van der Waals surface area (Å²) in [5.74, 6) is 0. The highest BCUT2D eigenvalue weighted by molar-refractivity contribution is 5.96. The van der Waals surface area contributed by atoms with Crippen LogP contribution in [-0.2, 0) is 0 Å². The quantitative estimate of drug-likeness (QED) is 0.663. The molecule has 0 N–H and O–H groups in total. The van der Waals surface area contributed by atoms with E-state index in [1.807, 2.05) is 29.2 Å². The first-order chi connectivity index (χ1) is 7.61. The number of hydrogen-bond acceptors (Lipinski definition) is 2. The lowest BCUT2D eigenvalue weighted by Crippen LogP contribution is -2.46. The van der Waals surface area contributed by atoms with Crippen molar-refractivity contribution in [1.29, 1.82) is 0 Å². The molecule has 4 nitrogen and oxygen atoms in total. The summed E-state index contributed by atoms with van der Waals surface area (Å²) in [4.78, 5) is 17.6. The Morgan fingerprint density at radius 2 is 1.81 bits per heavy atom. The number of nitrogens with zero attached hydrogens (tertiary/aromatic N) is 3. The van der Waals surface area contributed by atoms with Gasteiger partial charge in [-0.15, -0.1) is 0 Å². The Kier molecular flexibility index (Phi) is 2.73. The molecule has 2 amide bonds. The van der Waals surface area contributed by atoms with Gasteiger partial charge in [0.25, 0.3) is 0 Å². The van der Waals surface area contributed by atoms with Gasteiger partial charge in [-0.25, -0.2) is 4.79 Å². The molecule has 0 bridgehead atoms. The van der Waals surface area contributed by atoms with E-state index in [1.165, 1.54) is 0 Å². The van der Waals surface area contributed by atoms with Crippen molar-refractivity contribution < 1.29 is 4.79 Å². The summed E-state index contributed by atoms with van der Waals surface area (Å²) in [5, 5.41) is 0. The minimum absolute atomic E-state index is 0.0422. The lowest BCUT2D eigenvalue weighted by atomic mass is 10.2. The third-order valence-corrected chi connectivity index (χ3v) is 2.86. The number of amides is 2. The molecule has 86 valence electrons. The van der Waals surface area contributed by atoms with Crippen LogP contribution in [0.3, 0.4) is 0 Å². The highest BCUT2D eigenvalue weighted by Crippen LogP contribution is 2.31. The Hall–Kier alpha value is -1.71. The van der Waals surface area contributed by atoms with E-state index in [0.717, 1.165) is 24.5 Å². The number of benzene rings is 1. The Morgan fingerprint density at radius 1 is 1.19 bits per heavy atom. The first kappa shape index (κ1) is 10.8. The number of likely N-dealkylation sites (N-methyl/N-ethyl adjacent to an activating group) is 1. The number of hydrogen-bond donors (Lipinski definition) is 0. The first-order valence-electron chi connectivity index (χ1n) is 5.40. The van der Waals surface area contributed by atoms with Gasteiger partial charge in [0.1, 0.15) is 0 Å². The highest BCUT2D eigenvalue weighted by atomic mass is 16.2. The molecule has 0 unspecified atom stereocenters. The highest BCUT2D eigenvalue weighted by Gasteiger charge is 2.25. The van der Waals surface area contributed by atoms with Crippen LogP contribution in [0, 0.1) is 0 Å². The van der Waals surface area contributed by atoms with Crippen LogP contribution < -0.4 is 9.80 Å². The molecule has 0 spiro atoms. The smallest absolute Gasteiger partial charge is 0.324 e. The third kappa shape index (κ3) is 1.71. The molecule has 2 rings (SSSR count). The zero-order valence-corrected chi connectivity index (χ0v) is 9.97. The van der Waals surface area contributed by atoms with Crippen LogP contribution in [0.4, 0.5) is 16.2 Å². The molecular formula is C12H17N3O. The van der Waals surface area contributed by atoms with E-state index in [-0.39, 0.29) is 6.03 Å². The summed E-state index contributed by atoms with van der Waals surface area (Å²) in [6, 6.07) is 8.05. The van der Waals surface area contributed by atoms with Crippen LogP contribution in [-0.4, -0.2) is 45.2 Å². The predicted molar refractivity (Wildman–Crippen MR) is 66.1 cm³/mol. The molecule has 0 atom stereocenters. The summed E-state index contributed by atoms with van der Waals surface area (Å²) in [7, 11) is 5.61. The molecule has 0 fully saturated rings. The van der Waals surface area contributed by atoms with Crippen molar-refractivity contribution in [3.05, 3.63) is 24.3 Å². The molecule has 0 aliphatic carbocycles. The van der Waals surface area contributed by atoms with E-state index in [4.69, 9.17) is 0 Å². The molecule has 0 saturated heterocycles. The van der Waals surface area contributed by atoms with E-state index in [9.17, 15) is 4.79 Å². The lowest BCUT2D eigenvalue weighted by molar-refractivity contribution is 0.223. The van der Waals surface area contributed by atoms with E-state index >= 15 is 0 Å². The van der Waals surface area contributed by atoms with Crippen LogP contribution in [0.5, 0.6) is 0 Å². The number of carbonyl (C=O) groups is 1. The van der Waals surface area contributed by atoms with Gasteiger partial charge < -0.3 is 9.80 Å². The molecule has 0 aromatic heterocycles. The van der Waals surface area contributed by atoms with E-state index in [0.29, 0.717) is 0 Å². The Labute approximate surface area is 96.1 Å². The average Bonchev–Trinajstić information content (AvgIpc) is 2.29. The SMILES string of the molecule is CN(C)C(=O)N1CCN(C)c2ccccc21. The monoisotopic (exact) mass is 219 g/mol. The van der Waals surface area contributed by atoms with Crippen molar-refractivity contribution in [2.75, 3.05) is 44.0 Å². The molecule has 4 heteroatoms. The van der Waals surface area contributed by atoms with Gasteiger partial charge in [0.2, 0.25) is 0 Å². The van der Waals surface area contributed by atoms with Crippen molar-refractivity contribution in [2.45, 2.75) is 0 Å². The number of anilines is 2. The Morgan fingerprint density at radius 3 is 2.44 bits per heavy atom. The van der Waals surface area contributed by atoms with Crippen molar-refractivity contribution in [3.63, 3.8) is 0 Å². The van der Waals surface area contributed by atoms with Crippen molar-refractivity contribution in [1.82, 2.24) is 4.90 Å². The van der Waals surface area contributed by atoms with Gasteiger partial charge in [-0.05, 0) is 12.1 Å². The fourth-order valence-corrected chi connectivity index (χ4v) is 1.95. The maximum Gasteiger partial charge on any atom is 0.324 e. The largest absolute Gasteiger partial charge is 0.371 e. The molecule has 1 aromatic rings. The van der Waals surface area contributed by atoms with Gasteiger partial charge in [0.05, 0.1) is 11.4 Å². The fraction of sp³-hybridized carbons (Fsp3) is 0.417. The number of fused-ring (bicyclic) bond motifs is 1. The summed E-state index contributed by atoms with van der Waals surface area (Å²) < 4.78 is 0. The Balaban J connectivity index is 2.38. The number of urea groups is 1. The zero-order chi connectivity index (χ0) is 11.7. The summed E-state index contributed by atoms with van der Waals surface area (Å²) >= 11 is 0. The maximum atomic E-state index is 12.0. The normalized spacial score (nSPS) is 14.7. The summed E-state index contributed by atoms with van der Waals surface area (Å²) in [6.45, 7) is 1.61. The molecule has 1 aromatic carbocycles. The van der Waals surface area contributed by atoms with Gasteiger partial charge in [-0.2, -0.15) is 0 Å². The topological polar surface area (TPSA) is 26.8 Å². The van der Waals surface area contributed by atoms with E-state index < -0.39 is 0 Å². The number of carbonyl (C=O) groups excluding carboxylic acids is 1.